The van der Waals surface area contributed by atoms with Gasteiger partial charge < -0.3 is 7.16 Å². The van der Waals surface area contributed by atoms with Gasteiger partial charge in [-0.15, -0.1) is 0 Å². The van der Waals surface area contributed by atoms with E-state index in [9.17, 15) is 13.2 Å². The molecule has 0 spiro atoms. The van der Waals surface area contributed by atoms with Crippen molar-refractivity contribution >= 4 is 16.0 Å². The molecule has 0 saturated heterocycles. The van der Waals surface area contributed by atoms with Crippen LogP contribution >= 0.6 is 0 Å². The summed E-state index contributed by atoms with van der Waals surface area (Å²) in [5, 5.41) is 0. The second-order valence-electron chi connectivity index (χ2n) is 2.34. The number of nitrogens with two attached hydrogens (primary N) is 1. The molecule has 0 saturated carbocycles. The third-order valence-electron chi connectivity index (χ3n) is 1.43. The maximum Gasteiger partial charge on any atom is 1.00 e. The maximum absolute atomic E-state index is 10.7. The van der Waals surface area contributed by atoms with Crippen LogP contribution in [0.2, 0.25) is 0 Å². The first kappa shape index (κ1) is 13.6. The van der Waals surface area contributed by atoms with Crippen LogP contribution in [-0.2, 0) is 10.1 Å². The zero-order chi connectivity index (χ0) is 10.1. The SMILES string of the molecule is NC(=O)c1ccccc1S(=O)(=O)O.[H-].[Na+]. The third kappa shape index (κ3) is 3.07. The Hall–Kier alpha value is -0.400. The van der Waals surface area contributed by atoms with Crippen LogP contribution in [0.4, 0.5) is 0 Å². The molecule has 5 nitrogen and oxygen atoms in total. The molecular weight excluding hydrogens is 217 g/mol. The summed E-state index contributed by atoms with van der Waals surface area (Å²) in [6, 6.07) is 5.17. The summed E-state index contributed by atoms with van der Waals surface area (Å²) in [7, 11) is -4.38. The molecule has 0 aliphatic heterocycles. The fraction of sp³-hybridized carbons (Fsp3) is 0. The Kier molecular flexibility index (Phi) is 4.76. The van der Waals surface area contributed by atoms with E-state index in [-0.39, 0.29) is 36.5 Å². The first-order chi connectivity index (χ1) is 5.93. The monoisotopic (exact) mass is 225 g/mol. The van der Waals surface area contributed by atoms with Crippen LogP contribution < -0.4 is 35.3 Å². The van der Waals surface area contributed by atoms with Gasteiger partial charge in [-0.1, -0.05) is 12.1 Å². The predicted octanol–water partition coefficient (Wildman–Crippen LogP) is -2.85. The van der Waals surface area contributed by atoms with Gasteiger partial charge >= 0.3 is 29.6 Å². The van der Waals surface area contributed by atoms with Gasteiger partial charge in [-0.2, -0.15) is 8.42 Å². The van der Waals surface area contributed by atoms with Crippen molar-refractivity contribution in [2.75, 3.05) is 0 Å². The minimum absolute atomic E-state index is 0. The number of amides is 1. The largest absolute Gasteiger partial charge is 1.00 e. The van der Waals surface area contributed by atoms with E-state index >= 15 is 0 Å². The zero-order valence-corrected chi connectivity index (χ0v) is 10.3. The minimum atomic E-state index is -4.38. The third-order valence-corrected chi connectivity index (χ3v) is 2.34. The predicted molar refractivity (Wildman–Crippen MR) is 45.9 cm³/mol. The van der Waals surface area contributed by atoms with E-state index in [1.807, 2.05) is 0 Å². The number of benzene rings is 1. The second-order valence-corrected chi connectivity index (χ2v) is 3.73. The summed E-state index contributed by atoms with van der Waals surface area (Å²) in [6.45, 7) is 0. The molecule has 0 atom stereocenters. The van der Waals surface area contributed by atoms with Crippen molar-refractivity contribution in [1.82, 2.24) is 0 Å². The molecule has 1 amide bonds. The van der Waals surface area contributed by atoms with Crippen LogP contribution in [0.3, 0.4) is 0 Å². The average Bonchev–Trinajstić information content (AvgIpc) is 2.03. The molecular formula is C7H8NNaO4S. The Bertz CT molecular complexity index is 448. The molecule has 0 unspecified atom stereocenters. The van der Waals surface area contributed by atoms with E-state index in [2.05, 4.69) is 0 Å². The van der Waals surface area contributed by atoms with Gasteiger partial charge in [-0.05, 0) is 12.1 Å². The quantitative estimate of drug-likeness (QED) is 0.418. The summed E-state index contributed by atoms with van der Waals surface area (Å²) in [5.74, 6) is -0.895. The van der Waals surface area contributed by atoms with Crippen molar-refractivity contribution in [3.05, 3.63) is 29.8 Å². The molecule has 0 heterocycles. The van der Waals surface area contributed by atoms with Crippen LogP contribution in [0.1, 0.15) is 11.8 Å². The topological polar surface area (TPSA) is 97.5 Å². The Morgan fingerprint density at radius 3 is 2.21 bits per heavy atom. The minimum Gasteiger partial charge on any atom is -1.00 e. The molecule has 1 rings (SSSR count). The van der Waals surface area contributed by atoms with Crippen molar-refractivity contribution in [2.24, 2.45) is 5.73 Å². The van der Waals surface area contributed by atoms with Gasteiger partial charge in [0.15, 0.2) is 0 Å². The molecule has 7 heteroatoms. The van der Waals surface area contributed by atoms with E-state index in [0.29, 0.717) is 0 Å². The Labute approximate surface area is 105 Å². The Balaban J connectivity index is 0. The standard InChI is InChI=1S/C7H7NO4S.Na.H/c8-7(9)5-3-1-2-4-6(5)13(10,11)12;;/h1-4H,(H2,8,9)(H,10,11,12);;/q;+1;-1. The number of carbonyl (C=O) groups is 1. The number of rotatable bonds is 2. The van der Waals surface area contributed by atoms with Crippen molar-refractivity contribution in [3.63, 3.8) is 0 Å². The molecule has 0 fully saturated rings. The Morgan fingerprint density at radius 2 is 1.86 bits per heavy atom. The molecule has 0 bridgehead atoms. The van der Waals surface area contributed by atoms with Crippen LogP contribution in [0.5, 0.6) is 0 Å². The summed E-state index contributed by atoms with van der Waals surface area (Å²) in [6.07, 6.45) is 0. The fourth-order valence-corrected chi connectivity index (χ4v) is 1.59. The van der Waals surface area contributed by atoms with E-state index in [4.69, 9.17) is 10.3 Å². The van der Waals surface area contributed by atoms with Gasteiger partial charge in [0.1, 0.15) is 4.90 Å². The molecule has 3 N–H and O–H groups in total. The molecule has 0 aliphatic carbocycles. The normalized spacial score (nSPS) is 10.4. The van der Waals surface area contributed by atoms with Gasteiger partial charge in [0.2, 0.25) is 5.91 Å². The summed E-state index contributed by atoms with van der Waals surface area (Å²) < 4.78 is 30.1. The van der Waals surface area contributed by atoms with Crippen LogP contribution in [0.25, 0.3) is 0 Å². The molecule has 0 aliphatic rings. The van der Waals surface area contributed by atoms with E-state index < -0.39 is 20.9 Å². The molecule has 72 valence electrons. The smallest absolute Gasteiger partial charge is 1.00 e. The fourth-order valence-electron chi connectivity index (χ4n) is 0.895. The summed E-state index contributed by atoms with van der Waals surface area (Å²) in [4.78, 5) is 10.2. The zero-order valence-electron chi connectivity index (χ0n) is 8.47. The summed E-state index contributed by atoms with van der Waals surface area (Å²) in [5.41, 5.74) is 4.68. The second kappa shape index (κ2) is 4.90. The van der Waals surface area contributed by atoms with E-state index in [1.54, 1.807) is 0 Å². The van der Waals surface area contributed by atoms with Crippen LogP contribution in [-0.4, -0.2) is 18.9 Å². The van der Waals surface area contributed by atoms with Crippen molar-refractivity contribution in [3.8, 4) is 0 Å². The number of carbonyl (C=O) groups excluding carboxylic acids is 1. The molecule has 0 radical (unpaired) electrons. The van der Waals surface area contributed by atoms with Crippen molar-refractivity contribution in [1.29, 1.82) is 0 Å². The van der Waals surface area contributed by atoms with Crippen molar-refractivity contribution in [2.45, 2.75) is 4.90 Å². The average molecular weight is 225 g/mol. The van der Waals surface area contributed by atoms with E-state index in [1.165, 1.54) is 18.2 Å². The molecule has 0 aromatic heterocycles. The van der Waals surface area contributed by atoms with E-state index in [0.717, 1.165) is 6.07 Å². The molecule has 1 aromatic carbocycles. The number of hydrogen-bond donors (Lipinski definition) is 2. The van der Waals surface area contributed by atoms with Crippen LogP contribution in [0, 0.1) is 0 Å². The summed E-state index contributed by atoms with van der Waals surface area (Å²) >= 11 is 0. The van der Waals surface area contributed by atoms with Gasteiger partial charge in [0, 0.05) is 0 Å². The maximum atomic E-state index is 10.7. The Morgan fingerprint density at radius 1 is 1.36 bits per heavy atom. The molecule has 1 aromatic rings. The van der Waals surface area contributed by atoms with Gasteiger partial charge in [0.05, 0.1) is 5.56 Å². The van der Waals surface area contributed by atoms with Gasteiger partial charge in [0.25, 0.3) is 10.1 Å². The van der Waals surface area contributed by atoms with Crippen LogP contribution in [0.15, 0.2) is 29.2 Å². The van der Waals surface area contributed by atoms with Crippen molar-refractivity contribution < 1.29 is 48.7 Å². The number of primary amides is 1. The first-order valence-electron chi connectivity index (χ1n) is 3.29. The van der Waals surface area contributed by atoms with Gasteiger partial charge in [-0.3, -0.25) is 9.35 Å². The first-order valence-corrected chi connectivity index (χ1v) is 4.73. The molecule has 14 heavy (non-hydrogen) atoms. The number of hydrogen-bond acceptors (Lipinski definition) is 3. The van der Waals surface area contributed by atoms with Gasteiger partial charge in [-0.25, -0.2) is 0 Å².